The molecule has 0 aliphatic rings. The van der Waals surface area contributed by atoms with Gasteiger partial charge in [-0.3, -0.25) is 9.59 Å². The SMILES string of the molecule is NC(=O)c1ccc(NC(=O)CCl)cc1F. The van der Waals surface area contributed by atoms with Gasteiger partial charge < -0.3 is 11.1 Å². The van der Waals surface area contributed by atoms with Gasteiger partial charge in [0.05, 0.1) is 5.56 Å². The maximum absolute atomic E-state index is 13.2. The van der Waals surface area contributed by atoms with E-state index in [0.717, 1.165) is 6.07 Å². The highest BCUT2D eigenvalue weighted by Gasteiger charge is 2.09. The van der Waals surface area contributed by atoms with Crippen LogP contribution >= 0.6 is 11.6 Å². The number of hydrogen-bond acceptors (Lipinski definition) is 2. The van der Waals surface area contributed by atoms with E-state index in [0.29, 0.717) is 0 Å². The number of primary amides is 1. The Bertz CT molecular complexity index is 409. The van der Waals surface area contributed by atoms with Crippen molar-refractivity contribution in [3.8, 4) is 0 Å². The maximum atomic E-state index is 13.2. The van der Waals surface area contributed by atoms with Crippen molar-refractivity contribution in [2.24, 2.45) is 5.73 Å². The molecule has 0 atom stereocenters. The molecule has 0 aromatic heterocycles. The third-order valence-corrected chi connectivity index (χ3v) is 1.88. The molecule has 0 bridgehead atoms. The summed E-state index contributed by atoms with van der Waals surface area (Å²) in [6.07, 6.45) is 0. The van der Waals surface area contributed by atoms with Crippen molar-refractivity contribution in [1.29, 1.82) is 0 Å². The van der Waals surface area contributed by atoms with Crippen LogP contribution < -0.4 is 11.1 Å². The molecule has 0 heterocycles. The Labute approximate surface area is 90.2 Å². The minimum Gasteiger partial charge on any atom is -0.366 e. The summed E-state index contributed by atoms with van der Waals surface area (Å²) >= 11 is 5.24. The Balaban J connectivity index is 2.91. The first-order chi connectivity index (χ1) is 7.04. The number of nitrogens with one attached hydrogen (secondary N) is 1. The van der Waals surface area contributed by atoms with E-state index in [-0.39, 0.29) is 17.1 Å². The summed E-state index contributed by atoms with van der Waals surface area (Å²) in [5.41, 5.74) is 4.91. The molecule has 0 unspecified atom stereocenters. The molecule has 6 heteroatoms. The molecular weight excluding hydrogens is 223 g/mol. The second-order valence-electron chi connectivity index (χ2n) is 2.74. The Kier molecular flexibility index (Phi) is 3.62. The zero-order valence-electron chi connectivity index (χ0n) is 7.59. The fourth-order valence-corrected chi connectivity index (χ4v) is 1.05. The summed E-state index contributed by atoms with van der Waals surface area (Å²) in [5, 5.41) is 2.34. The molecule has 0 saturated carbocycles. The number of benzene rings is 1. The molecule has 80 valence electrons. The van der Waals surface area contributed by atoms with E-state index in [1.165, 1.54) is 12.1 Å². The number of carbonyl (C=O) groups is 2. The summed E-state index contributed by atoms with van der Waals surface area (Å²) in [4.78, 5) is 21.5. The van der Waals surface area contributed by atoms with Crippen molar-refractivity contribution in [3.63, 3.8) is 0 Å². The van der Waals surface area contributed by atoms with Gasteiger partial charge in [-0.05, 0) is 18.2 Å². The monoisotopic (exact) mass is 230 g/mol. The second-order valence-corrected chi connectivity index (χ2v) is 3.01. The molecule has 1 rings (SSSR count). The Hall–Kier alpha value is -1.62. The normalized spacial score (nSPS) is 9.73. The second kappa shape index (κ2) is 4.75. The Morgan fingerprint density at radius 3 is 2.60 bits per heavy atom. The fraction of sp³-hybridized carbons (Fsp3) is 0.111. The first-order valence-corrected chi connectivity index (χ1v) is 4.53. The van der Waals surface area contributed by atoms with E-state index in [9.17, 15) is 14.0 Å². The molecule has 0 radical (unpaired) electrons. The third-order valence-electron chi connectivity index (χ3n) is 1.64. The number of rotatable bonds is 3. The standard InChI is InChI=1S/C9H8ClFN2O2/c10-4-8(14)13-5-1-2-6(9(12)15)7(11)3-5/h1-3H,4H2,(H2,12,15)(H,13,14). The van der Waals surface area contributed by atoms with Gasteiger partial charge in [-0.15, -0.1) is 11.6 Å². The molecule has 0 saturated heterocycles. The quantitative estimate of drug-likeness (QED) is 0.764. The minimum absolute atomic E-state index is 0.223. The number of halogens is 2. The molecule has 4 nitrogen and oxygen atoms in total. The average molecular weight is 231 g/mol. The van der Waals surface area contributed by atoms with Gasteiger partial charge in [0.15, 0.2) is 0 Å². The van der Waals surface area contributed by atoms with Crippen LogP contribution in [0.3, 0.4) is 0 Å². The predicted molar refractivity (Wildman–Crippen MR) is 54.3 cm³/mol. The molecule has 15 heavy (non-hydrogen) atoms. The maximum Gasteiger partial charge on any atom is 0.251 e. The molecular formula is C9H8ClFN2O2. The lowest BCUT2D eigenvalue weighted by Gasteiger charge is -2.04. The van der Waals surface area contributed by atoms with Gasteiger partial charge in [-0.25, -0.2) is 4.39 Å². The van der Waals surface area contributed by atoms with Crippen molar-refractivity contribution in [3.05, 3.63) is 29.6 Å². The van der Waals surface area contributed by atoms with E-state index in [2.05, 4.69) is 5.32 Å². The zero-order chi connectivity index (χ0) is 11.4. The van der Waals surface area contributed by atoms with Crippen molar-refractivity contribution >= 4 is 29.1 Å². The minimum atomic E-state index is -0.859. The molecule has 1 aromatic rings. The number of nitrogens with two attached hydrogens (primary N) is 1. The highest BCUT2D eigenvalue weighted by molar-refractivity contribution is 6.29. The largest absolute Gasteiger partial charge is 0.366 e. The summed E-state index contributed by atoms with van der Waals surface area (Å²) in [6.45, 7) is 0. The van der Waals surface area contributed by atoms with Crippen LogP contribution in [0.2, 0.25) is 0 Å². The van der Waals surface area contributed by atoms with Crippen LogP contribution in [0.5, 0.6) is 0 Å². The van der Waals surface area contributed by atoms with Gasteiger partial charge >= 0.3 is 0 Å². The van der Waals surface area contributed by atoms with Crippen LogP contribution in [0.4, 0.5) is 10.1 Å². The fourth-order valence-electron chi connectivity index (χ4n) is 0.987. The average Bonchev–Trinajstić information content (AvgIpc) is 2.17. The highest BCUT2D eigenvalue weighted by Crippen LogP contribution is 2.14. The van der Waals surface area contributed by atoms with Gasteiger partial charge in [0.25, 0.3) is 5.91 Å². The zero-order valence-corrected chi connectivity index (χ0v) is 8.34. The lowest BCUT2D eigenvalue weighted by atomic mass is 10.2. The van der Waals surface area contributed by atoms with Crippen LogP contribution in [-0.2, 0) is 4.79 Å². The molecule has 0 fully saturated rings. The van der Waals surface area contributed by atoms with Crippen molar-refractivity contribution < 1.29 is 14.0 Å². The van der Waals surface area contributed by atoms with Crippen LogP contribution in [0.1, 0.15) is 10.4 Å². The first-order valence-electron chi connectivity index (χ1n) is 3.99. The molecule has 0 aliphatic heterocycles. The van der Waals surface area contributed by atoms with Crippen molar-refractivity contribution in [1.82, 2.24) is 0 Å². The third kappa shape index (κ3) is 2.92. The number of carbonyl (C=O) groups excluding carboxylic acids is 2. The number of anilines is 1. The van der Waals surface area contributed by atoms with Gasteiger partial charge in [0, 0.05) is 5.69 Å². The number of hydrogen-bond donors (Lipinski definition) is 2. The summed E-state index contributed by atoms with van der Waals surface area (Å²) in [6, 6.07) is 3.57. The lowest BCUT2D eigenvalue weighted by molar-refractivity contribution is -0.113. The smallest absolute Gasteiger partial charge is 0.251 e. The lowest BCUT2D eigenvalue weighted by Crippen LogP contribution is -2.15. The topological polar surface area (TPSA) is 72.2 Å². The molecule has 1 aromatic carbocycles. The van der Waals surface area contributed by atoms with Gasteiger partial charge in [0.2, 0.25) is 5.91 Å². The van der Waals surface area contributed by atoms with Crippen LogP contribution in [-0.4, -0.2) is 17.7 Å². The van der Waals surface area contributed by atoms with Crippen molar-refractivity contribution in [2.75, 3.05) is 11.2 Å². The molecule has 3 N–H and O–H groups in total. The summed E-state index contributed by atoms with van der Waals surface area (Å²) < 4.78 is 13.2. The molecule has 0 aliphatic carbocycles. The molecule has 0 spiro atoms. The highest BCUT2D eigenvalue weighted by atomic mass is 35.5. The Morgan fingerprint density at radius 1 is 1.47 bits per heavy atom. The Morgan fingerprint density at radius 2 is 2.13 bits per heavy atom. The van der Waals surface area contributed by atoms with Gasteiger partial charge in [0.1, 0.15) is 11.7 Å². The van der Waals surface area contributed by atoms with Crippen LogP contribution in [0, 0.1) is 5.82 Å². The molecule has 2 amide bonds. The number of alkyl halides is 1. The van der Waals surface area contributed by atoms with E-state index < -0.39 is 17.6 Å². The van der Waals surface area contributed by atoms with Crippen LogP contribution in [0.25, 0.3) is 0 Å². The van der Waals surface area contributed by atoms with Crippen molar-refractivity contribution in [2.45, 2.75) is 0 Å². The summed E-state index contributed by atoms with van der Waals surface area (Å²) in [5.74, 6) is -2.32. The van der Waals surface area contributed by atoms with E-state index in [4.69, 9.17) is 17.3 Å². The predicted octanol–water partition coefficient (Wildman–Crippen LogP) is 1.10. The first kappa shape index (κ1) is 11.5. The van der Waals surface area contributed by atoms with E-state index in [1.807, 2.05) is 0 Å². The van der Waals surface area contributed by atoms with Gasteiger partial charge in [-0.1, -0.05) is 0 Å². The number of amides is 2. The van der Waals surface area contributed by atoms with Crippen LogP contribution in [0.15, 0.2) is 18.2 Å². The van der Waals surface area contributed by atoms with E-state index >= 15 is 0 Å². The van der Waals surface area contributed by atoms with Gasteiger partial charge in [-0.2, -0.15) is 0 Å². The van der Waals surface area contributed by atoms with E-state index in [1.54, 1.807) is 0 Å². The summed E-state index contributed by atoms with van der Waals surface area (Å²) in [7, 11) is 0.